The van der Waals surface area contributed by atoms with Gasteiger partial charge in [0.05, 0.1) is 0 Å². The molecule has 1 N–H and O–H groups in total. The monoisotopic (exact) mass is 222 g/mol. The number of rotatable bonds is 2. The van der Waals surface area contributed by atoms with Crippen molar-refractivity contribution in [2.75, 3.05) is 0 Å². The summed E-state index contributed by atoms with van der Waals surface area (Å²) in [6, 6.07) is 8.04. The van der Waals surface area contributed by atoms with Gasteiger partial charge in [-0.1, -0.05) is 6.92 Å². The number of carbonyl (C=O) groups is 1. The number of halogens is 1. The van der Waals surface area contributed by atoms with Crippen molar-refractivity contribution < 1.29 is 9.90 Å². The fourth-order valence-corrected chi connectivity index (χ4v) is 1.32. The van der Waals surface area contributed by atoms with E-state index in [2.05, 4.69) is 12.1 Å². The molecule has 72 valence electrons. The summed E-state index contributed by atoms with van der Waals surface area (Å²) in [5.41, 5.74) is 1.39. The van der Waals surface area contributed by atoms with Gasteiger partial charge in [0.2, 0.25) is 0 Å². The molecule has 0 aliphatic heterocycles. The summed E-state index contributed by atoms with van der Waals surface area (Å²) in [6.45, 7) is 1.60. The summed E-state index contributed by atoms with van der Waals surface area (Å²) in [4.78, 5) is 9.37. The molecule has 1 aromatic rings. The van der Waals surface area contributed by atoms with E-state index in [4.69, 9.17) is 16.7 Å². The molecule has 0 bridgehead atoms. The van der Waals surface area contributed by atoms with Gasteiger partial charge in [0, 0.05) is 6.42 Å². The molecule has 4 heteroatoms. The summed E-state index contributed by atoms with van der Waals surface area (Å²) in [5, 5.41) is 8.55. The van der Waals surface area contributed by atoms with Crippen LogP contribution in [0.15, 0.2) is 24.3 Å². The van der Waals surface area contributed by atoms with E-state index in [0.717, 1.165) is 5.02 Å². The zero-order chi connectivity index (χ0) is 11.0. The Hall–Kier alpha value is -0.0200. The molecule has 0 fully saturated rings. The van der Waals surface area contributed by atoms with E-state index in [0.29, 0.717) is 0 Å². The number of carboxylic acid groups (broad SMARTS) is 1. The molecule has 0 spiro atoms. The standard InChI is InChI=1S/C7H6Cl.C3H6O2.Na/c1-6-2-4-7(8)5-3-6;1-2-3(4)5;/h2-5H,1H2;2H2,1H3,(H,4,5);. The molecule has 0 aromatic heterocycles. The van der Waals surface area contributed by atoms with Crippen molar-refractivity contribution in [1.82, 2.24) is 0 Å². The zero-order valence-electron chi connectivity index (χ0n) is 8.46. The fourth-order valence-electron chi connectivity index (χ4n) is 0.720. The molecular weight excluding hydrogens is 211 g/mol. The Labute approximate surface area is 107 Å². The molecule has 2 nitrogen and oxygen atoms in total. The summed E-state index contributed by atoms with van der Waals surface area (Å²) >= 11 is 6.91. The second-order valence-electron chi connectivity index (χ2n) is 2.73. The number of benzene rings is 1. The van der Waals surface area contributed by atoms with Crippen LogP contribution in [0.25, 0.3) is 0 Å². The van der Waals surface area contributed by atoms with Gasteiger partial charge < -0.3 is 5.11 Å². The van der Waals surface area contributed by atoms with E-state index in [1.807, 2.05) is 12.1 Å². The van der Waals surface area contributed by atoms with Crippen molar-refractivity contribution in [3.05, 3.63) is 34.9 Å². The number of hydrogen-bond acceptors (Lipinski definition) is 1. The Morgan fingerprint density at radius 3 is 2.14 bits per heavy atom. The molecule has 0 heterocycles. The fraction of sp³-hybridized carbons (Fsp3) is 0.300. The molecule has 0 unspecified atom stereocenters. The van der Waals surface area contributed by atoms with E-state index in [-0.39, 0.29) is 6.42 Å². The van der Waals surface area contributed by atoms with Gasteiger partial charge in [0.15, 0.2) is 0 Å². The Morgan fingerprint density at radius 1 is 1.43 bits per heavy atom. The first-order chi connectivity index (χ1) is 6.60. The van der Waals surface area contributed by atoms with Crippen molar-refractivity contribution in [1.29, 1.82) is 0 Å². The SMILES string of the molecule is CCC(=O)O.[Na][CH2]c1ccc(Cl)cc1. The van der Waals surface area contributed by atoms with Crippen LogP contribution in [0.4, 0.5) is 0 Å². The van der Waals surface area contributed by atoms with Crippen LogP contribution in [0.2, 0.25) is 5.02 Å². The van der Waals surface area contributed by atoms with Gasteiger partial charge in [0.1, 0.15) is 0 Å². The first-order valence-corrected chi connectivity index (χ1v) is 6.35. The normalized spacial score (nSPS) is 8.86. The van der Waals surface area contributed by atoms with Crippen LogP contribution in [0.3, 0.4) is 0 Å². The van der Waals surface area contributed by atoms with Crippen molar-refractivity contribution in [2.24, 2.45) is 0 Å². The molecule has 14 heavy (non-hydrogen) atoms. The zero-order valence-corrected chi connectivity index (χ0v) is 11.2. The minimum atomic E-state index is -0.745. The molecule has 0 aliphatic rings. The Morgan fingerprint density at radius 2 is 1.86 bits per heavy atom. The van der Waals surface area contributed by atoms with E-state index in [1.54, 1.807) is 6.92 Å². The second-order valence-corrected chi connectivity index (χ2v) is 3.87. The average Bonchev–Trinajstić information content (AvgIpc) is 2.20. The molecule has 0 amide bonds. The van der Waals surface area contributed by atoms with Crippen molar-refractivity contribution in [2.45, 2.75) is 17.0 Å². The molecule has 0 aliphatic carbocycles. The predicted octanol–water partition coefficient (Wildman–Crippen LogP) is 2.49. The topological polar surface area (TPSA) is 37.3 Å². The Kier molecular flexibility index (Phi) is 8.29. The second kappa shape index (κ2) is 8.30. The van der Waals surface area contributed by atoms with Crippen molar-refractivity contribution >= 4 is 45.5 Å². The third-order valence-corrected chi connectivity index (χ3v) is 2.69. The molecule has 0 saturated heterocycles. The molecule has 0 radical (unpaired) electrons. The maximum atomic E-state index is 9.37. The quantitative estimate of drug-likeness (QED) is 0.781. The van der Waals surface area contributed by atoms with E-state index in [1.165, 1.54) is 37.2 Å². The van der Waals surface area contributed by atoms with Crippen LogP contribution in [-0.4, -0.2) is 39.0 Å². The van der Waals surface area contributed by atoms with Gasteiger partial charge in [-0.2, -0.15) is 0 Å². The first kappa shape index (κ1) is 14.0. The van der Waals surface area contributed by atoms with E-state index in [9.17, 15) is 4.79 Å². The molecule has 1 aromatic carbocycles. The molecular formula is C10H12ClNaO2. The van der Waals surface area contributed by atoms with Crippen LogP contribution >= 0.6 is 11.6 Å². The Balaban J connectivity index is 0.000000292. The third-order valence-electron chi connectivity index (χ3n) is 1.62. The number of hydrogen-bond donors (Lipinski definition) is 1. The van der Waals surface area contributed by atoms with Crippen molar-refractivity contribution in [3.8, 4) is 0 Å². The van der Waals surface area contributed by atoms with Crippen molar-refractivity contribution in [3.63, 3.8) is 0 Å². The van der Waals surface area contributed by atoms with Crippen LogP contribution in [0.1, 0.15) is 18.9 Å². The minimum absolute atomic E-state index is 0.222. The summed E-state index contributed by atoms with van der Waals surface area (Å²) in [5.74, 6) is -0.745. The van der Waals surface area contributed by atoms with Crippen LogP contribution in [0, 0.1) is 0 Å². The van der Waals surface area contributed by atoms with E-state index >= 15 is 0 Å². The predicted molar refractivity (Wildman–Crippen MR) is 58.8 cm³/mol. The van der Waals surface area contributed by atoms with Gasteiger partial charge in [-0.25, -0.2) is 0 Å². The molecule has 0 atom stereocenters. The summed E-state index contributed by atoms with van der Waals surface area (Å²) in [6.07, 6.45) is 0.222. The van der Waals surface area contributed by atoms with E-state index < -0.39 is 5.97 Å². The van der Waals surface area contributed by atoms with Gasteiger partial charge in [-0.05, 0) is 0 Å². The van der Waals surface area contributed by atoms with Crippen LogP contribution < -0.4 is 0 Å². The third kappa shape index (κ3) is 7.39. The number of carboxylic acids is 1. The van der Waals surface area contributed by atoms with Gasteiger partial charge in [0.25, 0.3) is 0 Å². The maximum absolute atomic E-state index is 9.37. The Bertz CT molecular complexity index is 272. The molecule has 1 rings (SSSR count). The van der Waals surface area contributed by atoms with Gasteiger partial charge >= 0.3 is 84.0 Å². The number of aliphatic carboxylic acids is 1. The summed E-state index contributed by atoms with van der Waals surface area (Å²) in [7, 11) is 0. The first-order valence-electron chi connectivity index (χ1n) is 4.56. The van der Waals surface area contributed by atoms with Gasteiger partial charge in [-0.15, -0.1) is 0 Å². The molecule has 0 saturated carbocycles. The van der Waals surface area contributed by atoms with Crippen LogP contribution in [0.5, 0.6) is 0 Å². The van der Waals surface area contributed by atoms with Gasteiger partial charge in [-0.3, -0.25) is 4.79 Å². The average molecular weight is 223 g/mol. The summed E-state index contributed by atoms with van der Waals surface area (Å²) < 4.78 is 1.22. The van der Waals surface area contributed by atoms with Crippen LogP contribution in [-0.2, 0) is 8.46 Å².